The molecule has 3 N–H and O–H groups in total. The van der Waals surface area contributed by atoms with Gasteiger partial charge in [0, 0.05) is 18.9 Å². The molecule has 0 heterocycles. The second-order valence-electron chi connectivity index (χ2n) is 9.54. The second kappa shape index (κ2) is 10.9. The first-order valence-electron chi connectivity index (χ1n) is 12.1. The minimum atomic E-state index is -1.16. The van der Waals surface area contributed by atoms with Crippen LogP contribution in [0, 0.1) is 5.41 Å². The number of hydrogen-bond acceptors (Lipinski definition) is 5. The molecule has 4 rings (SSSR count). The summed E-state index contributed by atoms with van der Waals surface area (Å²) in [5.41, 5.74) is 6.47. The van der Waals surface area contributed by atoms with E-state index in [1.807, 2.05) is 24.3 Å². The van der Waals surface area contributed by atoms with Crippen LogP contribution in [-0.4, -0.2) is 42.3 Å². The number of amides is 2. The lowest BCUT2D eigenvalue weighted by molar-refractivity contribution is -0.159. The van der Waals surface area contributed by atoms with E-state index in [1.54, 1.807) is 0 Å². The second-order valence-corrected chi connectivity index (χ2v) is 9.54. The average molecular weight is 481 g/mol. The van der Waals surface area contributed by atoms with Crippen LogP contribution in [0.3, 0.4) is 0 Å². The lowest BCUT2D eigenvalue weighted by Gasteiger charge is -2.36. The highest BCUT2D eigenvalue weighted by Crippen LogP contribution is 2.44. The zero-order valence-electron chi connectivity index (χ0n) is 19.9. The molecule has 0 aromatic heterocycles. The molecule has 2 aromatic rings. The van der Waals surface area contributed by atoms with Crippen molar-refractivity contribution in [2.24, 2.45) is 5.41 Å². The predicted octanol–water partition coefficient (Wildman–Crippen LogP) is 4.39. The first-order valence-corrected chi connectivity index (χ1v) is 12.1. The maximum absolute atomic E-state index is 12.7. The Balaban J connectivity index is 1.33. The van der Waals surface area contributed by atoms with Gasteiger partial charge in [-0.05, 0) is 47.4 Å². The molecular weight excluding hydrogens is 448 g/mol. The molecule has 0 saturated heterocycles. The minimum Gasteiger partial charge on any atom is -0.479 e. The summed E-state index contributed by atoms with van der Waals surface area (Å²) >= 11 is 0. The van der Waals surface area contributed by atoms with Gasteiger partial charge in [0.05, 0.1) is 0 Å². The van der Waals surface area contributed by atoms with Crippen molar-refractivity contribution in [1.82, 2.24) is 10.8 Å². The van der Waals surface area contributed by atoms with Gasteiger partial charge < -0.3 is 15.2 Å². The van der Waals surface area contributed by atoms with Gasteiger partial charge in [-0.3, -0.25) is 9.63 Å². The van der Waals surface area contributed by atoms with E-state index in [0.717, 1.165) is 43.2 Å². The Morgan fingerprint density at radius 1 is 1.00 bits per heavy atom. The number of nitrogens with one attached hydrogen (secondary N) is 2. The molecular formula is C27H32N2O6. The Morgan fingerprint density at radius 2 is 1.60 bits per heavy atom. The van der Waals surface area contributed by atoms with Gasteiger partial charge in [-0.1, -0.05) is 67.8 Å². The monoisotopic (exact) mass is 480 g/mol. The van der Waals surface area contributed by atoms with Crippen molar-refractivity contribution in [3.63, 3.8) is 0 Å². The number of benzene rings is 2. The summed E-state index contributed by atoms with van der Waals surface area (Å²) in [7, 11) is 0. The van der Waals surface area contributed by atoms with E-state index in [9.17, 15) is 14.4 Å². The lowest BCUT2D eigenvalue weighted by atomic mass is 9.71. The molecule has 1 fully saturated rings. The van der Waals surface area contributed by atoms with Crippen LogP contribution in [0.5, 0.6) is 0 Å². The first kappa shape index (κ1) is 24.7. The Bertz CT molecular complexity index is 1030. The Labute approximate surface area is 205 Å². The van der Waals surface area contributed by atoms with E-state index in [4.69, 9.17) is 14.7 Å². The number of hydrogen-bond donors (Lipinski definition) is 3. The van der Waals surface area contributed by atoms with Crippen LogP contribution in [0.4, 0.5) is 4.79 Å². The number of carbonyl (C=O) groups excluding carboxylic acids is 2. The van der Waals surface area contributed by atoms with Crippen molar-refractivity contribution in [3.8, 4) is 11.1 Å². The van der Waals surface area contributed by atoms with Crippen LogP contribution in [0.15, 0.2) is 48.5 Å². The normalized spacial score (nSPS) is 17.1. The number of aliphatic carboxylic acids is 1. The topological polar surface area (TPSA) is 114 Å². The average Bonchev–Trinajstić information content (AvgIpc) is 3.19. The molecule has 186 valence electrons. The highest BCUT2D eigenvalue weighted by atomic mass is 16.7. The smallest absolute Gasteiger partial charge is 0.407 e. The minimum absolute atomic E-state index is 0.0176. The summed E-state index contributed by atoms with van der Waals surface area (Å²) in [6, 6.07) is 16.3. The number of carbonyl (C=O) groups is 3. The Kier molecular flexibility index (Phi) is 7.70. The third-order valence-corrected chi connectivity index (χ3v) is 7.10. The number of fused-ring (bicyclic) bond motifs is 3. The fourth-order valence-electron chi connectivity index (χ4n) is 5.21. The Hall–Kier alpha value is -3.39. The van der Waals surface area contributed by atoms with E-state index in [0.29, 0.717) is 6.54 Å². The molecule has 1 atom stereocenters. The van der Waals surface area contributed by atoms with Crippen LogP contribution in [0.25, 0.3) is 11.1 Å². The summed E-state index contributed by atoms with van der Waals surface area (Å²) in [6.45, 7) is 1.89. The van der Waals surface area contributed by atoms with Gasteiger partial charge >= 0.3 is 12.1 Å². The Morgan fingerprint density at radius 3 is 2.20 bits per heavy atom. The predicted molar refractivity (Wildman–Crippen MR) is 130 cm³/mol. The van der Waals surface area contributed by atoms with Gasteiger partial charge in [-0.25, -0.2) is 15.1 Å². The van der Waals surface area contributed by atoms with E-state index >= 15 is 0 Å². The number of rotatable bonds is 9. The van der Waals surface area contributed by atoms with Crippen molar-refractivity contribution in [1.29, 1.82) is 0 Å². The summed E-state index contributed by atoms with van der Waals surface area (Å²) in [6.07, 6.45) is 3.09. The van der Waals surface area contributed by atoms with Gasteiger partial charge in [0.1, 0.15) is 6.61 Å². The summed E-state index contributed by atoms with van der Waals surface area (Å²) in [4.78, 5) is 40.9. The van der Waals surface area contributed by atoms with E-state index < -0.39 is 29.5 Å². The fourth-order valence-corrected chi connectivity index (χ4v) is 5.21. The molecule has 0 aliphatic heterocycles. The first-order chi connectivity index (χ1) is 16.9. The van der Waals surface area contributed by atoms with E-state index in [1.165, 1.54) is 18.1 Å². The molecule has 1 saturated carbocycles. The molecule has 8 heteroatoms. The molecule has 2 amide bonds. The maximum atomic E-state index is 12.7. The molecule has 1 unspecified atom stereocenters. The zero-order valence-corrected chi connectivity index (χ0v) is 19.9. The van der Waals surface area contributed by atoms with Crippen molar-refractivity contribution in [2.45, 2.75) is 57.5 Å². The number of carboxylic acid groups (broad SMARTS) is 1. The van der Waals surface area contributed by atoms with Gasteiger partial charge in [0.15, 0.2) is 6.10 Å². The maximum Gasteiger partial charge on any atom is 0.407 e. The van der Waals surface area contributed by atoms with Crippen molar-refractivity contribution >= 4 is 18.0 Å². The number of ether oxygens (including phenoxy) is 1. The quantitative estimate of drug-likeness (QED) is 0.459. The largest absolute Gasteiger partial charge is 0.479 e. The molecule has 0 bridgehead atoms. The van der Waals surface area contributed by atoms with Crippen LogP contribution in [-0.2, 0) is 19.2 Å². The molecule has 0 spiro atoms. The number of hydroxylamine groups is 1. The SMILES string of the molecule is CC(ONC(=O)CC1(CNC(=O)OCC2c3ccccc3-c3ccccc32)CCCCC1)C(=O)O. The summed E-state index contributed by atoms with van der Waals surface area (Å²) in [5.74, 6) is -1.57. The third kappa shape index (κ3) is 5.82. The van der Waals surface area contributed by atoms with Crippen LogP contribution in [0.2, 0.25) is 0 Å². The third-order valence-electron chi connectivity index (χ3n) is 7.10. The van der Waals surface area contributed by atoms with Gasteiger partial charge in [0.2, 0.25) is 5.91 Å². The highest BCUT2D eigenvalue weighted by molar-refractivity contribution is 5.79. The highest BCUT2D eigenvalue weighted by Gasteiger charge is 2.36. The van der Waals surface area contributed by atoms with Crippen molar-refractivity contribution in [2.75, 3.05) is 13.2 Å². The van der Waals surface area contributed by atoms with Crippen molar-refractivity contribution in [3.05, 3.63) is 59.7 Å². The molecule has 0 radical (unpaired) electrons. The standard InChI is InChI=1S/C27H32N2O6/c1-18(25(31)32)35-29-24(30)15-27(13-7-2-8-14-27)17-28-26(33)34-16-23-21-11-5-3-9-19(21)20-10-4-6-12-22(20)23/h3-6,9-12,18,23H,2,7-8,13-17H2,1H3,(H,28,33)(H,29,30)(H,31,32). The van der Waals surface area contributed by atoms with Gasteiger partial charge in [-0.2, -0.15) is 0 Å². The van der Waals surface area contributed by atoms with Crippen LogP contribution in [0.1, 0.15) is 62.5 Å². The van der Waals surface area contributed by atoms with Crippen LogP contribution >= 0.6 is 0 Å². The van der Waals surface area contributed by atoms with Crippen molar-refractivity contribution < 1.29 is 29.1 Å². The zero-order chi connectivity index (χ0) is 24.8. The lowest BCUT2D eigenvalue weighted by Crippen LogP contribution is -2.43. The molecule has 8 nitrogen and oxygen atoms in total. The molecule has 35 heavy (non-hydrogen) atoms. The fraction of sp³-hybridized carbons (Fsp3) is 0.444. The van der Waals surface area contributed by atoms with Crippen LogP contribution < -0.4 is 10.8 Å². The van der Waals surface area contributed by atoms with E-state index in [-0.39, 0.29) is 18.9 Å². The molecule has 2 aliphatic rings. The summed E-state index contributed by atoms with van der Waals surface area (Å²) < 4.78 is 5.65. The molecule has 2 aromatic carbocycles. The number of alkyl carbamates (subject to hydrolysis) is 1. The molecule has 2 aliphatic carbocycles. The van der Waals surface area contributed by atoms with E-state index in [2.05, 4.69) is 35.1 Å². The van der Waals surface area contributed by atoms with Gasteiger partial charge in [-0.15, -0.1) is 0 Å². The number of carboxylic acids is 1. The van der Waals surface area contributed by atoms with Gasteiger partial charge in [0.25, 0.3) is 0 Å². The summed E-state index contributed by atoms with van der Waals surface area (Å²) in [5, 5.41) is 11.8.